The first-order valence-electron chi connectivity index (χ1n) is 5.43. The quantitative estimate of drug-likeness (QED) is 0.780. The Morgan fingerprint density at radius 3 is 2.82 bits per heavy atom. The summed E-state index contributed by atoms with van der Waals surface area (Å²) in [6.45, 7) is 2.17. The van der Waals surface area contributed by atoms with Crippen LogP contribution < -0.4 is 11.1 Å². The number of thioether (sulfide) groups is 1. The third-order valence-corrected chi connectivity index (χ3v) is 3.92. The van der Waals surface area contributed by atoms with Crippen molar-refractivity contribution in [2.24, 2.45) is 5.73 Å². The van der Waals surface area contributed by atoms with E-state index in [-0.39, 0.29) is 0 Å². The number of nitrogens with one attached hydrogen (secondary N) is 1. The van der Waals surface area contributed by atoms with E-state index in [9.17, 15) is 0 Å². The van der Waals surface area contributed by atoms with Crippen molar-refractivity contribution in [3.8, 4) is 0 Å². The number of hydrogen-bond acceptors (Lipinski definition) is 3. The lowest BCUT2D eigenvalue weighted by Crippen LogP contribution is -2.23. The predicted molar refractivity (Wildman–Crippen MR) is 86.1 cm³/mol. The lowest BCUT2D eigenvalue weighted by Gasteiger charge is -2.19. The zero-order chi connectivity index (χ0) is 12.8. The first-order chi connectivity index (χ1) is 8.08. The largest absolute Gasteiger partial charge is 0.389 e. The van der Waals surface area contributed by atoms with Gasteiger partial charge in [-0.05, 0) is 30.9 Å². The maximum Gasteiger partial charge on any atom is 0.106 e. The molecular weight excluding hydrogens is 316 g/mol. The van der Waals surface area contributed by atoms with Crippen molar-refractivity contribution >= 4 is 50.6 Å². The van der Waals surface area contributed by atoms with Gasteiger partial charge in [-0.25, -0.2) is 0 Å². The van der Waals surface area contributed by atoms with Crippen LogP contribution in [0.2, 0.25) is 0 Å². The molecule has 0 saturated carbocycles. The van der Waals surface area contributed by atoms with E-state index in [0.29, 0.717) is 11.0 Å². The first-order valence-corrected chi connectivity index (χ1v) is 8.02. The number of thiocarbonyl (C=S) groups is 1. The van der Waals surface area contributed by atoms with Gasteiger partial charge in [-0.3, -0.25) is 0 Å². The zero-order valence-corrected chi connectivity index (χ0v) is 13.2. The Hall–Kier alpha value is -0.260. The van der Waals surface area contributed by atoms with Crippen LogP contribution in [0.5, 0.6) is 0 Å². The third kappa shape index (κ3) is 4.48. The highest BCUT2D eigenvalue weighted by molar-refractivity contribution is 9.10. The summed E-state index contributed by atoms with van der Waals surface area (Å²) in [5, 5.41) is 3.50. The maximum absolute atomic E-state index is 5.73. The number of rotatable bonds is 6. The minimum atomic E-state index is 0.430. The molecule has 0 bridgehead atoms. The molecule has 3 N–H and O–H groups in total. The SMILES string of the molecule is CCC(CSC)Nc1cc(Br)ccc1C(N)=S. The highest BCUT2D eigenvalue weighted by atomic mass is 79.9. The highest BCUT2D eigenvalue weighted by Gasteiger charge is 2.10. The van der Waals surface area contributed by atoms with Gasteiger partial charge in [0.25, 0.3) is 0 Å². The molecule has 0 aliphatic rings. The van der Waals surface area contributed by atoms with Gasteiger partial charge in [0.15, 0.2) is 0 Å². The van der Waals surface area contributed by atoms with Gasteiger partial charge in [-0.1, -0.05) is 35.1 Å². The van der Waals surface area contributed by atoms with Crippen LogP contribution in [0, 0.1) is 0 Å². The van der Waals surface area contributed by atoms with Gasteiger partial charge in [0.1, 0.15) is 4.99 Å². The van der Waals surface area contributed by atoms with Crippen molar-refractivity contribution in [1.82, 2.24) is 0 Å². The van der Waals surface area contributed by atoms with Crippen molar-refractivity contribution in [2.75, 3.05) is 17.3 Å². The molecule has 0 aromatic heterocycles. The molecule has 17 heavy (non-hydrogen) atoms. The van der Waals surface area contributed by atoms with Gasteiger partial charge in [0.05, 0.1) is 0 Å². The summed E-state index contributed by atoms with van der Waals surface area (Å²) in [4.78, 5) is 0.430. The summed E-state index contributed by atoms with van der Waals surface area (Å²) in [7, 11) is 0. The van der Waals surface area contributed by atoms with Crippen molar-refractivity contribution < 1.29 is 0 Å². The van der Waals surface area contributed by atoms with Crippen molar-refractivity contribution in [1.29, 1.82) is 0 Å². The van der Waals surface area contributed by atoms with Crippen LogP contribution in [0.3, 0.4) is 0 Å². The van der Waals surface area contributed by atoms with E-state index in [1.54, 1.807) is 0 Å². The Labute approximate surface area is 121 Å². The third-order valence-electron chi connectivity index (χ3n) is 2.47. The number of benzene rings is 1. The summed E-state index contributed by atoms with van der Waals surface area (Å²) in [6, 6.07) is 6.36. The van der Waals surface area contributed by atoms with Gasteiger partial charge in [0, 0.05) is 27.5 Å². The van der Waals surface area contributed by atoms with E-state index in [4.69, 9.17) is 18.0 Å². The Kier molecular flexibility index (Phi) is 6.30. The molecule has 1 unspecified atom stereocenters. The van der Waals surface area contributed by atoms with Crippen LogP contribution in [-0.2, 0) is 0 Å². The molecule has 0 radical (unpaired) electrons. The van der Waals surface area contributed by atoms with Gasteiger partial charge >= 0.3 is 0 Å². The van der Waals surface area contributed by atoms with E-state index in [1.165, 1.54) is 0 Å². The van der Waals surface area contributed by atoms with Crippen LogP contribution in [0.1, 0.15) is 18.9 Å². The molecule has 0 heterocycles. The molecule has 0 aliphatic carbocycles. The van der Waals surface area contributed by atoms with Crippen molar-refractivity contribution in [2.45, 2.75) is 19.4 Å². The van der Waals surface area contributed by atoms with Crippen LogP contribution >= 0.6 is 39.9 Å². The minimum Gasteiger partial charge on any atom is -0.389 e. The van der Waals surface area contributed by atoms with E-state index in [2.05, 4.69) is 34.4 Å². The van der Waals surface area contributed by atoms with Gasteiger partial charge in [-0.2, -0.15) is 11.8 Å². The molecule has 94 valence electrons. The van der Waals surface area contributed by atoms with Crippen molar-refractivity contribution in [3.05, 3.63) is 28.2 Å². The second-order valence-electron chi connectivity index (χ2n) is 3.76. The summed E-state index contributed by atoms with van der Waals surface area (Å²) in [5.41, 5.74) is 7.64. The molecule has 0 fully saturated rings. The van der Waals surface area contributed by atoms with E-state index in [1.807, 2.05) is 30.0 Å². The number of halogens is 1. The fraction of sp³-hybridized carbons (Fsp3) is 0.417. The number of anilines is 1. The molecule has 1 atom stereocenters. The lowest BCUT2D eigenvalue weighted by molar-refractivity contribution is 0.775. The zero-order valence-electron chi connectivity index (χ0n) is 10.00. The van der Waals surface area contributed by atoms with E-state index >= 15 is 0 Å². The molecule has 0 spiro atoms. The fourth-order valence-electron chi connectivity index (χ4n) is 1.53. The molecule has 0 saturated heterocycles. The first kappa shape index (κ1) is 14.8. The van der Waals surface area contributed by atoms with Crippen LogP contribution in [0.15, 0.2) is 22.7 Å². The Balaban J connectivity index is 2.94. The minimum absolute atomic E-state index is 0.430. The maximum atomic E-state index is 5.73. The van der Waals surface area contributed by atoms with Crippen LogP contribution in [0.4, 0.5) is 5.69 Å². The average molecular weight is 333 g/mol. The van der Waals surface area contributed by atoms with Gasteiger partial charge < -0.3 is 11.1 Å². The van der Waals surface area contributed by atoms with Gasteiger partial charge in [0.2, 0.25) is 0 Å². The summed E-state index contributed by atoms with van der Waals surface area (Å²) >= 11 is 10.4. The Morgan fingerprint density at radius 1 is 1.59 bits per heavy atom. The smallest absolute Gasteiger partial charge is 0.106 e. The second-order valence-corrected chi connectivity index (χ2v) is 6.03. The van der Waals surface area contributed by atoms with E-state index < -0.39 is 0 Å². The molecule has 1 aromatic rings. The normalized spacial score (nSPS) is 12.2. The number of hydrogen-bond donors (Lipinski definition) is 2. The molecule has 2 nitrogen and oxygen atoms in total. The second kappa shape index (κ2) is 7.24. The monoisotopic (exact) mass is 332 g/mol. The summed E-state index contributed by atoms with van der Waals surface area (Å²) < 4.78 is 1.03. The van der Waals surface area contributed by atoms with Crippen LogP contribution in [-0.4, -0.2) is 23.0 Å². The predicted octanol–water partition coefficient (Wildman–Crippen LogP) is 3.64. The van der Waals surface area contributed by atoms with Crippen LogP contribution in [0.25, 0.3) is 0 Å². The van der Waals surface area contributed by atoms with Crippen molar-refractivity contribution in [3.63, 3.8) is 0 Å². The topological polar surface area (TPSA) is 38.0 Å². The Bertz CT molecular complexity index is 396. The highest BCUT2D eigenvalue weighted by Crippen LogP contribution is 2.23. The molecule has 0 amide bonds. The van der Waals surface area contributed by atoms with E-state index in [0.717, 1.165) is 27.9 Å². The average Bonchev–Trinajstić information content (AvgIpc) is 2.28. The summed E-state index contributed by atoms with van der Waals surface area (Å²) in [6.07, 6.45) is 3.18. The lowest BCUT2D eigenvalue weighted by atomic mass is 10.1. The Morgan fingerprint density at radius 2 is 2.29 bits per heavy atom. The molecule has 0 aliphatic heterocycles. The molecule has 1 aromatic carbocycles. The molecule has 1 rings (SSSR count). The standard InChI is InChI=1S/C12H17BrN2S2/c1-3-9(7-17-2)15-11-6-8(13)4-5-10(11)12(14)16/h4-6,9,15H,3,7H2,1-2H3,(H2,14,16). The van der Waals surface area contributed by atoms with Gasteiger partial charge in [-0.15, -0.1) is 0 Å². The fourth-order valence-corrected chi connectivity index (χ4v) is 2.79. The summed E-state index contributed by atoms with van der Waals surface area (Å²) in [5.74, 6) is 1.07. The molecular formula is C12H17BrN2S2. The molecule has 5 heteroatoms. The number of nitrogens with two attached hydrogens (primary N) is 1.